The maximum absolute atomic E-state index is 13.4. The Morgan fingerprint density at radius 2 is 1.76 bits per heavy atom. The number of aliphatic hydroxyl groups excluding tert-OH is 1. The molecule has 1 fully saturated rings. The molecule has 0 bridgehead atoms. The average Bonchev–Trinajstić information content (AvgIpc) is 3.31. The summed E-state index contributed by atoms with van der Waals surface area (Å²) >= 11 is 0.937. The van der Waals surface area contributed by atoms with Crippen LogP contribution in [0.1, 0.15) is 45.0 Å². The van der Waals surface area contributed by atoms with E-state index in [4.69, 9.17) is 4.74 Å². The van der Waals surface area contributed by atoms with Crippen LogP contribution < -0.4 is 4.90 Å². The number of hydrogen-bond acceptors (Lipinski definition) is 7. The summed E-state index contributed by atoms with van der Waals surface area (Å²) in [5.41, 5.74) is 1.94. The summed E-state index contributed by atoms with van der Waals surface area (Å²) in [5.74, 6) is -3.29. The number of carbonyl (C=O) groups excluding carboxylic acids is 3. The van der Waals surface area contributed by atoms with Gasteiger partial charge in [-0.05, 0) is 50.6 Å². The highest BCUT2D eigenvalue weighted by Crippen LogP contribution is 2.44. The van der Waals surface area contributed by atoms with Crippen molar-refractivity contribution in [3.8, 4) is 0 Å². The zero-order valence-corrected chi connectivity index (χ0v) is 19.5. The first-order chi connectivity index (χ1) is 16.2. The van der Waals surface area contributed by atoms with Gasteiger partial charge < -0.3 is 9.84 Å². The first-order valence-corrected chi connectivity index (χ1v) is 11.3. The zero-order chi connectivity index (χ0) is 24.6. The lowest BCUT2D eigenvalue weighted by molar-refractivity contribution is -0.132. The van der Waals surface area contributed by atoms with E-state index in [0.717, 1.165) is 29.0 Å². The summed E-state index contributed by atoms with van der Waals surface area (Å²) in [6.07, 6.45) is 0. The summed E-state index contributed by atoms with van der Waals surface area (Å²) in [6.45, 7) is 5.37. The zero-order valence-electron chi connectivity index (χ0n) is 18.7. The van der Waals surface area contributed by atoms with E-state index in [2.05, 4.69) is 4.98 Å². The maximum atomic E-state index is 13.4. The molecule has 1 aliphatic heterocycles. The minimum Gasteiger partial charge on any atom is -0.507 e. The van der Waals surface area contributed by atoms with Gasteiger partial charge >= 0.3 is 11.9 Å². The van der Waals surface area contributed by atoms with Gasteiger partial charge in [0.2, 0.25) is 0 Å². The molecule has 0 unspecified atom stereocenters. The van der Waals surface area contributed by atoms with Crippen LogP contribution in [0.2, 0.25) is 0 Å². The van der Waals surface area contributed by atoms with Crippen LogP contribution in [0.25, 0.3) is 5.76 Å². The van der Waals surface area contributed by atoms with Crippen molar-refractivity contribution in [2.24, 2.45) is 0 Å². The number of aromatic nitrogens is 1. The molecular formula is C25H21FN2O5S. The second-order valence-electron chi connectivity index (χ2n) is 7.72. The van der Waals surface area contributed by atoms with E-state index in [-0.39, 0.29) is 27.8 Å². The van der Waals surface area contributed by atoms with Crippen LogP contribution in [0.4, 0.5) is 9.52 Å². The molecule has 174 valence electrons. The number of hydrogen-bond donors (Lipinski definition) is 1. The molecule has 1 aromatic heterocycles. The van der Waals surface area contributed by atoms with Gasteiger partial charge in [-0.2, -0.15) is 0 Å². The second-order valence-corrected chi connectivity index (χ2v) is 8.70. The number of ether oxygens (including phenoxy) is 1. The number of thiazole rings is 1. The Kier molecular flexibility index (Phi) is 6.30. The van der Waals surface area contributed by atoms with Crippen molar-refractivity contribution in [3.63, 3.8) is 0 Å². The number of amides is 1. The lowest BCUT2D eigenvalue weighted by atomic mass is 9.95. The van der Waals surface area contributed by atoms with Crippen LogP contribution in [0.5, 0.6) is 0 Å². The lowest BCUT2D eigenvalue weighted by Crippen LogP contribution is -2.29. The highest BCUT2D eigenvalue weighted by atomic mass is 32.1. The topological polar surface area (TPSA) is 96.8 Å². The van der Waals surface area contributed by atoms with Crippen LogP contribution in [-0.4, -0.2) is 34.4 Å². The molecule has 2 aromatic carbocycles. The first-order valence-electron chi connectivity index (χ1n) is 10.5. The van der Waals surface area contributed by atoms with Crippen LogP contribution >= 0.6 is 11.3 Å². The number of anilines is 1. The van der Waals surface area contributed by atoms with Gasteiger partial charge in [0.25, 0.3) is 5.78 Å². The van der Waals surface area contributed by atoms with Crippen LogP contribution in [0.15, 0.2) is 54.1 Å². The summed E-state index contributed by atoms with van der Waals surface area (Å²) in [6, 6.07) is 11.1. The molecule has 34 heavy (non-hydrogen) atoms. The quantitative estimate of drug-likeness (QED) is 0.246. The number of aliphatic hydroxyl groups is 1. The Balaban J connectivity index is 1.90. The predicted octanol–water partition coefficient (Wildman–Crippen LogP) is 4.70. The smallest absolute Gasteiger partial charge is 0.350 e. The first kappa shape index (κ1) is 23.3. The van der Waals surface area contributed by atoms with Crippen molar-refractivity contribution < 1.29 is 28.6 Å². The second kappa shape index (κ2) is 9.18. The Bertz CT molecular complexity index is 1310. The normalized spacial score (nSPS) is 17.3. The Morgan fingerprint density at radius 1 is 1.12 bits per heavy atom. The summed E-state index contributed by atoms with van der Waals surface area (Å²) < 4.78 is 18.5. The summed E-state index contributed by atoms with van der Waals surface area (Å²) in [7, 11) is 0. The van der Waals surface area contributed by atoms with Crippen molar-refractivity contribution in [3.05, 3.63) is 87.2 Å². The Labute approximate surface area is 199 Å². The maximum Gasteiger partial charge on any atom is 0.350 e. The molecule has 1 atom stereocenters. The highest BCUT2D eigenvalue weighted by Gasteiger charge is 2.48. The number of Topliss-reactive ketones (excluding diaryl/α,β-unsaturated/α-hetero) is 1. The molecule has 1 amide bonds. The number of carbonyl (C=O) groups is 3. The fourth-order valence-electron chi connectivity index (χ4n) is 3.73. The van der Waals surface area contributed by atoms with E-state index in [9.17, 15) is 23.9 Å². The monoisotopic (exact) mass is 480 g/mol. The molecule has 0 aliphatic carbocycles. The summed E-state index contributed by atoms with van der Waals surface area (Å²) in [4.78, 5) is 44.4. The molecule has 0 radical (unpaired) electrons. The number of aryl methyl sites for hydroxylation is 2. The number of benzene rings is 2. The third-order valence-electron chi connectivity index (χ3n) is 5.41. The van der Waals surface area contributed by atoms with E-state index in [1.165, 1.54) is 17.0 Å². The Morgan fingerprint density at radius 3 is 2.38 bits per heavy atom. The largest absolute Gasteiger partial charge is 0.507 e. The van der Waals surface area contributed by atoms with E-state index in [0.29, 0.717) is 11.3 Å². The predicted molar refractivity (Wildman–Crippen MR) is 125 cm³/mol. The van der Waals surface area contributed by atoms with Gasteiger partial charge in [0, 0.05) is 5.56 Å². The van der Waals surface area contributed by atoms with Gasteiger partial charge in [0.15, 0.2) is 5.13 Å². The van der Waals surface area contributed by atoms with E-state index < -0.39 is 35.3 Å². The molecule has 4 rings (SSSR count). The molecule has 1 aliphatic rings. The van der Waals surface area contributed by atoms with Crippen LogP contribution in [-0.2, 0) is 14.3 Å². The van der Waals surface area contributed by atoms with Crippen molar-refractivity contribution in [2.45, 2.75) is 26.8 Å². The van der Waals surface area contributed by atoms with Crippen molar-refractivity contribution in [2.75, 3.05) is 11.5 Å². The van der Waals surface area contributed by atoms with Gasteiger partial charge in [-0.1, -0.05) is 41.2 Å². The average molecular weight is 481 g/mol. The van der Waals surface area contributed by atoms with Crippen molar-refractivity contribution >= 4 is 39.9 Å². The molecule has 0 saturated carbocycles. The third-order valence-corrected chi connectivity index (χ3v) is 6.54. The van der Waals surface area contributed by atoms with E-state index in [1.807, 2.05) is 19.1 Å². The third kappa shape index (κ3) is 4.10. The molecule has 1 N–H and O–H groups in total. The van der Waals surface area contributed by atoms with Crippen molar-refractivity contribution in [1.82, 2.24) is 4.98 Å². The van der Waals surface area contributed by atoms with Gasteiger partial charge in [-0.25, -0.2) is 14.2 Å². The molecule has 2 heterocycles. The fraction of sp³-hybridized carbons (Fsp3) is 0.200. The lowest BCUT2D eigenvalue weighted by Gasteiger charge is -2.23. The molecule has 0 spiro atoms. The SMILES string of the molecule is CCOC(=O)c1sc(N2C(=O)C(=O)/C(=C(/O)c3ccc(F)cc3)[C@@H]2c2ccc(C)cc2)nc1C. The van der Waals surface area contributed by atoms with Crippen molar-refractivity contribution in [1.29, 1.82) is 0 Å². The van der Waals surface area contributed by atoms with Crippen LogP contribution in [0.3, 0.4) is 0 Å². The molecule has 7 nitrogen and oxygen atoms in total. The molecule has 9 heteroatoms. The number of nitrogens with zero attached hydrogens (tertiary/aromatic N) is 2. The van der Waals surface area contributed by atoms with Gasteiger partial charge in [0.05, 0.1) is 23.9 Å². The molecule has 3 aromatic rings. The minimum absolute atomic E-state index is 0.131. The van der Waals surface area contributed by atoms with Gasteiger partial charge in [-0.15, -0.1) is 0 Å². The highest BCUT2D eigenvalue weighted by molar-refractivity contribution is 7.17. The van der Waals surface area contributed by atoms with E-state index in [1.54, 1.807) is 26.0 Å². The fourth-order valence-corrected chi connectivity index (χ4v) is 4.72. The number of rotatable bonds is 5. The summed E-state index contributed by atoms with van der Waals surface area (Å²) in [5, 5.41) is 11.2. The number of ketones is 1. The van der Waals surface area contributed by atoms with Gasteiger partial charge in [-0.3, -0.25) is 14.5 Å². The van der Waals surface area contributed by atoms with Gasteiger partial charge in [0.1, 0.15) is 16.5 Å². The number of esters is 1. The van der Waals surface area contributed by atoms with E-state index >= 15 is 0 Å². The molecular weight excluding hydrogens is 459 g/mol. The molecule has 1 saturated heterocycles. The van der Waals surface area contributed by atoms with Crippen LogP contribution in [0, 0.1) is 19.7 Å². The minimum atomic E-state index is -0.994. The number of halogens is 1. The Hall–Kier alpha value is -3.85. The standard InChI is InChI=1S/C25H21FN2O5S/c1-4-33-24(32)22-14(3)27-25(34-22)28-19(15-7-5-13(2)6-8-15)18(21(30)23(28)31)20(29)16-9-11-17(26)12-10-16/h5-12,19,29H,4H2,1-3H3/b20-18+/t19-/m0/s1.